The maximum absolute atomic E-state index is 12.6. The summed E-state index contributed by atoms with van der Waals surface area (Å²) in [4.78, 5) is 25.5. The molecule has 4 nitrogen and oxygen atoms in total. The first-order valence-electron chi connectivity index (χ1n) is 10.0. The fraction of sp³-hybridized carbons (Fsp3) is 0.500. The molecule has 152 valence electrons. The van der Waals surface area contributed by atoms with Crippen LogP contribution in [0.1, 0.15) is 68.9 Å². The number of benzene rings is 1. The molecule has 0 saturated carbocycles. The molecule has 1 fully saturated rings. The Hall–Kier alpha value is -1.66. The van der Waals surface area contributed by atoms with Crippen LogP contribution in [0.3, 0.4) is 0 Å². The molecule has 28 heavy (non-hydrogen) atoms. The maximum atomic E-state index is 12.6. The van der Waals surface area contributed by atoms with Crippen molar-refractivity contribution in [1.29, 1.82) is 0 Å². The molecule has 0 radical (unpaired) electrons. The number of unbranched alkanes of at least 4 members (excludes halogenated alkanes) is 7. The van der Waals surface area contributed by atoms with Crippen molar-refractivity contribution < 1.29 is 14.7 Å². The molecule has 0 unspecified atom stereocenters. The van der Waals surface area contributed by atoms with E-state index in [2.05, 4.69) is 0 Å². The van der Waals surface area contributed by atoms with Crippen molar-refractivity contribution in [2.24, 2.45) is 0 Å². The highest BCUT2D eigenvalue weighted by molar-refractivity contribution is 8.26. The number of thiocarbonyl (C=S) groups is 1. The minimum absolute atomic E-state index is 0.0222. The van der Waals surface area contributed by atoms with Crippen LogP contribution < -0.4 is 0 Å². The lowest BCUT2D eigenvalue weighted by Gasteiger charge is -2.14. The molecule has 0 bridgehead atoms. The molecular formula is C22H29NO3S2. The van der Waals surface area contributed by atoms with Crippen molar-refractivity contribution in [1.82, 2.24) is 4.90 Å². The monoisotopic (exact) mass is 419 g/mol. The van der Waals surface area contributed by atoms with Crippen LogP contribution in [0.25, 0.3) is 6.08 Å². The highest BCUT2D eigenvalue weighted by Gasteiger charge is 2.31. The van der Waals surface area contributed by atoms with Gasteiger partial charge in [-0.1, -0.05) is 92.3 Å². The van der Waals surface area contributed by atoms with Gasteiger partial charge in [0.25, 0.3) is 5.91 Å². The van der Waals surface area contributed by atoms with Gasteiger partial charge in [0.1, 0.15) is 4.32 Å². The highest BCUT2D eigenvalue weighted by Crippen LogP contribution is 2.32. The van der Waals surface area contributed by atoms with Crippen LogP contribution in [-0.4, -0.2) is 32.7 Å². The third kappa shape index (κ3) is 7.76. The van der Waals surface area contributed by atoms with Gasteiger partial charge in [0.2, 0.25) is 0 Å². The third-order valence-electron chi connectivity index (χ3n) is 4.77. The minimum atomic E-state index is -0.704. The molecule has 0 aromatic heterocycles. The number of aryl methyl sites for hydroxylation is 1. The van der Waals surface area contributed by atoms with E-state index in [1.165, 1.54) is 23.7 Å². The van der Waals surface area contributed by atoms with Gasteiger partial charge in [-0.15, -0.1) is 0 Å². The van der Waals surface area contributed by atoms with Crippen LogP contribution in [0.4, 0.5) is 0 Å². The Morgan fingerprint density at radius 3 is 2.21 bits per heavy atom. The number of thioether (sulfide) groups is 1. The van der Waals surface area contributed by atoms with Crippen molar-refractivity contribution in [2.75, 3.05) is 6.54 Å². The van der Waals surface area contributed by atoms with E-state index in [4.69, 9.17) is 17.3 Å². The number of amides is 1. The number of carbonyl (C=O) groups excluding carboxylic acids is 1. The van der Waals surface area contributed by atoms with E-state index in [1.54, 1.807) is 4.90 Å². The van der Waals surface area contributed by atoms with Gasteiger partial charge in [0.05, 0.1) is 4.91 Å². The van der Waals surface area contributed by atoms with E-state index in [-0.39, 0.29) is 12.3 Å². The van der Waals surface area contributed by atoms with Crippen molar-refractivity contribution in [3.8, 4) is 0 Å². The van der Waals surface area contributed by atoms with E-state index < -0.39 is 5.97 Å². The number of hydrogen-bond donors (Lipinski definition) is 1. The number of carboxylic acid groups (broad SMARTS) is 1. The van der Waals surface area contributed by atoms with Gasteiger partial charge in [-0.2, -0.15) is 0 Å². The normalized spacial score (nSPS) is 15.6. The minimum Gasteiger partial charge on any atom is -0.481 e. The molecule has 1 aliphatic heterocycles. The SMILES string of the molecule is Cc1ccc(C=C2SC(=S)N(CCCCCCCCCCC(=O)O)C2=O)cc1. The lowest BCUT2D eigenvalue weighted by Crippen LogP contribution is -2.29. The highest BCUT2D eigenvalue weighted by atomic mass is 32.2. The second kappa shape index (κ2) is 12.0. The van der Waals surface area contributed by atoms with E-state index >= 15 is 0 Å². The Bertz CT molecular complexity index is 713. The fourth-order valence-electron chi connectivity index (χ4n) is 3.11. The first-order valence-corrected chi connectivity index (χ1v) is 11.2. The summed E-state index contributed by atoms with van der Waals surface area (Å²) in [6.07, 6.45) is 10.6. The number of nitrogens with zero attached hydrogens (tertiary/aromatic N) is 1. The molecule has 1 aromatic carbocycles. The molecule has 0 atom stereocenters. The lowest BCUT2D eigenvalue weighted by atomic mass is 10.1. The van der Waals surface area contributed by atoms with E-state index in [1.807, 2.05) is 37.3 Å². The quantitative estimate of drug-likeness (QED) is 0.264. The number of rotatable bonds is 12. The van der Waals surface area contributed by atoms with Gasteiger partial charge in [-0.05, 0) is 31.4 Å². The number of aliphatic carboxylic acids is 1. The van der Waals surface area contributed by atoms with Gasteiger partial charge in [0, 0.05) is 13.0 Å². The topological polar surface area (TPSA) is 57.6 Å². The van der Waals surface area contributed by atoms with E-state index in [0.717, 1.165) is 50.5 Å². The van der Waals surface area contributed by atoms with Gasteiger partial charge in [-0.25, -0.2) is 0 Å². The van der Waals surface area contributed by atoms with Gasteiger partial charge in [-0.3, -0.25) is 14.5 Å². The molecule has 1 amide bonds. The summed E-state index contributed by atoms with van der Waals surface area (Å²) in [6.45, 7) is 2.73. The predicted octanol–water partition coefficient (Wildman–Crippen LogP) is 5.79. The van der Waals surface area contributed by atoms with Gasteiger partial charge < -0.3 is 5.11 Å². The fourth-order valence-corrected chi connectivity index (χ4v) is 4.42. The van der Waals surface area contributed by atoms with E-state index in [9.17, 15) is 9.59 Å². The lowest BCUT2D eigenvalue weighted by molar-refractivity contribution is -0.137. The third-order valence-corrected chi connectivity index (χ3v) is 6.15. The summed E-state index contributed by atoms with van der Waals surface area (Å²) in [5, 5.41) is 8.60. The van der Waals surface area contributed by atoms with Gasteiger partial charge >= 0.3 is 5.97 Å². The molecule has 1 aromatic rings. The summed E-state index contributed by atoms with van der Waals surface area (Å²) in [7, 11) is 0. The molecule has 6 heteroatoms. The molecule has 1 aliphatic rings. The largest absolute Gasteiger partial charge is 0.481 e. The molecule has 2 rings (SSSR count). The number of carboxylic acids is 1. The summed E-state index contributed by atoms with van der Waals surface area (Å²) < 4.78 is 0.654. The summed E-state index contributed by atoms with van der Waals surface area (Å²) in [5.41, 5.74) is 2.22. The smallest absolute Gasteiger partial charge is 0.303 e. The van der Waals surface area contributed by atoms with Crippen LogP contribution in [0, 0.1) is 6.92 Å². The van der Waals surface area contributed by atoms with Crippen LogP contribution in [-0.2, 0) is 9.59 Å². The molecule has 0 spiro atoms. The van der Waals surface area contributed by atoms with Crippen molar-refractivity contribution in [2.45, 2.75) is 64.7 Å². The Balaban J connectivity index is 1.64. The second-order valence-corrected chi connectivity index (χ2v) is 8.89. The second-order valence-electron chi connectivity index (χ2n) is 7.22. The zero-order valence-electron chi connectivity index (χ0n) is 16.5. The first-order chi connectivity index (χ1) is 13.5. The van der Waals surface area contributed by atoms with Crippen LogP contribution >= 0.6 is 24.0 Å². The summed E-state index contributed by atoms with van der Waals surface area (Å²) in [6, 6.07) is 8.12. The average Bonchev–Trinajstić information content (AvgIpc) is 2.92. The number of hydrogen-bond acceptors (Lipinski definition) is 4. The maximum Gasteiger partial charge on any atom is 0.303 e. The Morgan fingerprint density at radius 2 is 1.61 bits per heavy atom. The molecule has 1 saturated heterocycles. The zero-order valence-corrected chi connectivity index (χ0v) is 18.1. The van der Waals surface area contributed by atoms with Crippen LogP contribution in [0.2, 0.25) is 0 Å². The number of carbonyl (C=O) groups is 2. The van der Waals surface area contributed by atoms with Crippen molar-refractivity contribution >= 4 is 46.3 Å². The molecule has 1 N–H and O–H groups in total. The summed E-state index contributed by atoms with van der Waals surface area (Å²) in [5.74, 6) is -0.682. The molecule has 0 aliphatic carbocycles. The van der Waals surface area contributed by atoms with Crippen LogP contribution in [0.5, 0.6) is 0 Å². The van der Waals surface area contributed by atoms with Crippen molar-refractivity contribution in [3.05, 3.63) is 40.3 Å². The van der Waals surface area contributed by atoms with E-state index in [0.29, 0.717) is 15.8 Å². The Labute approximate surface area is 177 Å². The van der Waals surface area contributed by atoms with Crippen LogP contribution in [0.15, 0.2) is 29.2 Å². The van der Waals surface area contributed by atoms with Gasteiger partial charge in [0.15, 0.2) is 0 Å². The molecule has 1 heterocycles. The Morgan fingerprint density at radius 1 is 1.04 bits per heavy atom. The first kappa shape index (κ1) is 22.6. The summed E-state index contributed by atoms with van der Waals surface area (Å²) >= 11 is 6.78. The predicted molar refractivity (Wildman–Crippen MR) is 120 cm³/mol. The van der Waals surface area contributed by atoms with Crippen molar-refractivity contribution in [3.63, 3.8) is 0 Å². The Kier molecular flexibility index (Phi) is 9.71. The standard InChI is InChI=1S/C22H29NO3S2/c1-17-11-13-18(14-12-17)16-19-21(26)23(22(27)28-19)15-9-7-5-3-2-4-6-8-10-20(24)25/h11-14,16H,2-10,15H2,1H3,(H,24,25). The average molecular weight is 420 g/mol. The zero-order chi connectivity index (χ0) is 20.4. The molecular weight excluding hydrogens is 390 g/mol.